The van der Waals surface area contributed by atoms with Crippen molar-refractivity contribution in [3.8, 4) is 0 Å². The van der Waals surface area contributed by atoms with E-state index in [0.29, 0.717) is 19.8 Å². The molecule has 0 spiro atoms. The Morgan fingerprint density at radius 3 is 2.42 bits per heavy atom. The topological polar surface area (TPSA) is 41.9 Å². The Morgan fingerprint density at radius 2 is 1.73 bits per heavy atom. The summed E-state index contributed by atoms with van der Waals surface area (Å²) in [5.74, 6) is 0. The molecule has 4 heteroatoms. The lowest BCUT2D eigenvalue weighted by molar-refractivity contribution is 0.00738. The Morgan fingerprint density at radius 1 is 1.00 bits per heavy atom. The molecular formula is C22H31NO3. The van der Waals surface area contributed by atoms with Gasteiger partial charge in [-0.15, -0.1) is 0 Å². The van der Waals surface area contributed by atoms with Crippen LogP contribution in [0.25, 0.3) is 0 Å². The first-order valence-electron chi connectivity index (χ1n) is 9.24. The molecule has 0 heterocycles. The quantitative estimate of drug-likeness (QED) is 0.591. The molecule has 0 fully saturated rings. The molecule has 0 unspecified atom stereocenters. The van der Waals surface area contributed by atoms with Crippen molar-refractivity contribution in [2.24, 2.45) is 0 Å². The van der Waals surface area contributed by atoms with Gasteiger partial charge in [0.05, 0.1) is 19.3 Å². The maximum atomic E-state index is 10.4. The van der Waals surface area contributed by atoms with E-state index in [9.17, 15) is 5.11 Å². The van der Waals surface area contributed by atoms with E-state index in [-0.39, 0.29) is 0 Å². The van der Waals surface area contributed by atoms with E-state index in [1.807, 2.05) is 30.3 Å². The summed E-state index contributed by atoms with van der Waals surface area (Å²) in [7, 11) is 1.72. The molecule has 0 saturated heterocycles. The van der Waals surface area contributed by atoms with E-state index in [1.54, 1.807) is 7.11 Å². The van der Waals surface area contributed by atoms with Gasteiger partial charge in [-0.25, -0.2) is 0 Å². The van der Waals surface area contributed by atoms with Gasteiger partial charge in [-0.2, -0.15) is 0 Å². The van der Waals surface area contributed by atoms with Gasteiger partial charge in [-0.1, -0.05) is 60.2 Å². The van der Waals surface area contributed by atoms with Crippen LogP contribution in [0.1, 0.15) is 23.1 Å². The summed E-state index contributed by atoms with van der Waals surface area (Å²) in [5, 5.41) is 10.4. The Bertz CT molecular complexity index is 601. The molecule has 1 N–H and O–H groups in total. The number of ether oxygens (including phenoxy) is 2. The van der Waals surface area contributed by atoms with E-state index in [0.717, 1.165) is 31.7 Å². The fourth-order valence-electron chi connectivity index (χ4n) is 2.86. The lowest BCUT2D eigenvalue weighted by Gasteiger charge is -2.25. The highest BCUT2D eigenvalue weighted by atomic mass is 16.5. The number of aliphatic hydroxyl groups is 1. The minimum absolute atomic E-state index is 0.337. The molecule has 0 aliphatic carbocycles. The zero-order valence-corrected chi connectivity index (χ0v) is 15.9. The smallest absolute Gasteiger partial charge is 0.0900 e. The molecule has 0 radical (unpaired) electrons. The second-order valence-electron chi connectivity index (χ2n) is 6.72. The van der Waals surface area contributed by atoms with Crippen molar-refractivity contribution >= 4 is 0 Å². The summed E-state index contributed by atoms with van der Waals surface area (Å²) in [6.45, 7) is 5.98. The Hall–Kier alpha value is -1.72. The highest BCUT2D eigenvalue weighted by Crippen LogP contribution is 2.09. The molecule has 0 aliphatic rings. The summed E-state index contributed by atoms with van der Waals surface area (Å²) in [6, 6.07) is 18.6. The highest BCUT2D eigenvalue weighted by molar-refractivity contribution is 5.21. The molecule has 142 valence electrons. The predicted molar refractivity (Wildman–Crippen MR) is 105 cm³/mol. The summed E-state index contributed by atoms with van der Waals surface area (Å²) in [6.07, 6.45) is 0.437. The fraction of sp³-hybridized carbons (Fsp3) is 0.455. The second-order valence-corrected chi connectivity index (χ2v) is 6.72. The van der Waals surface area contributed by atoms with Gasteiger partial charge in [0, 0.05) is 33.4 Å². The van der Waals surface area contributed by atoms with Gasteiger partial charge in [0.25, 0.3) is 0 Å². The number of benzene rings is 2. The molecule has 0 aromatic heterocycles. The molecule has 2 rings (SSSR count). The zero-order valence-electron chi connectivity index (χ0n) is 15.9. The number of aryl methyl sites for hydroxylation is 1. The van der Waals surface area contributed by atoms with Gasteiger partial charge in [0.1, 0.15) is 0 Å². The van der Waals surface area contributed by atoms with Crippen molar-refractivity contribution in [1.29, 1.82) is 0 Å². The maximum Gasteiger partial charge on any atom is 0.0900 e. The van der Waals surface area contributed by atoms with Crippen LogP contribution in [0, 0.1) is 6.92 Å². The molecule has 26 heavy (non-hydrogen) atoms. The van der Waals surface area contributed by atoms with Gasteiger partial charge < -0.3 is 14.6 Å². The summed E-state index contributed by atoms with van der Waals surface area (Å²) in [4.78, 5) is 2.26. The first-order valence-corrected chi connectivity index (χ1v) is 9.24. The molecule has 1 atom stereocenters. The summed E-state index contributed by atoms with van der Waals surface area (Å²) in [5.41, 5.74) is 3.63. The maximum absolute atomic E-state index is 10.4. The van der Waals surface area contributed by atoms with Crippen LogP contribution in [0.15, 0.2) is 54.6 Å². The van der Waals surface area contributed by atoms with Crippen LogP contribution in [0.5, 0.6) is 0 Å². The molecule has 0 amide bonds. The van der Waals surface area contributed by atoms with Crippen LogP contribution in [0.3, 0.4) is 0 Å². The van der Waals surface area contributed by atoms with Gasteiger partial charge in [-0.3, -0.25) is 4.90 Å². The van der Waals surface area contributed by atoms with Crippen LogP contribution in [-0.2, 0) is 22.6 Å². The predicted octanol–water partition coefficient (Wildman–Crippen LogP) is 3.41. The van der Waals surface area contributed by atoms with Crippen LogP contribution < -0.4 is 0 Å². The van der Waals surface area contributed by atoms with Gasteiger partial charge >= 0.3 is 0 Å². The highest BCUT2D eigenvalue weighted by Gasteiger charge is 2.13. The Kier molecular flexibility index (Phi) is 9.35. The molecule has 0 saturated carbocycles. The van der Waals surface area contributed by atoms with Crippen LogP contribution in [-0.4, -0.2) is 49.5 Å². The lowest BCUT2D eigenvalue weighted by atomic mass is 10.1. The molecule has 0 bridgehead atoms. The van der Waals surface area contributed by atoms with Crippen molar-refractivity contribution in [2.45, 2.75) is 32.6 Å². The van der Waals surface area contributed by atoms with Crippen LogP contribution in [0.4, 0.5) is 0 Å². The van der Waals surface area contributed by atoms with Crippen molar-refractivity contribution in [3.05, 3.63) is 71.3 Å². The van der Waals surface area contributed by atoms with E-state index < -0.39 is 6.10 Å². The fourth-order valence-corrected chi connectivity index (χ4v) is 2.86. The average Bonchev–Trinajstić information content (AvgIpc) is 2.64. The standard InChI is InChI=1S/C22H31NO3/c1-19-9-11-20(12-10-19)15-23(13-6-14-25-2)16-22(24)18-26-17-21-7-4-3-5-8-21/h3-5,7-12,22,24H,6,13-18H2,1-2H3/t22-/m1/s1. The SMILES string of the molecule is COCCCN(Cc1ccc(C)cc1)C[C@@H](O)COCc1ccccc1. The average molecular weight is 357 g/mol. The van der Waals surface area contributed by atoms with Crippen LogP contribution >= 0.6 is 0 Å². The van der Waals surface area contributed by atoms with Crippen LogP contribution in [0.2, 0.25) is 0 Å². The van der Waals surface area contributed by atoms with E-state index >= 15 is 0 Å². The number of rotatable bonds is 12. The van der Waals surface area contributed by atoms with E-state index in [2.05, 4.69) is 36.1 Å². The lowest BCUT2D eigenvalue weighted by Crippen LogP contribution is -2.35. The number of hydrogen-bond acceptors (Lipinski definition) is 4. The first-order chi connectivity index (χ1) is 12.7. The van der Waals surface area contributed by atoms with Crippen molar-refractivity contribution in [2.75, 3.05) is 33.4 Å². The number of methoxy groups -OCH3 is 1. The van der Waals surface area contributed by atoms with Gasteiger partial charge in [-0.05, 0) is 24.5 Å². The third kappa shape index (κ3) is 8.11. The van der Waals surface area contributed by atoms with E-state index in [1.165, 1.54) is 11.1 Å². The minimum Gasteiger partial charge on any atom is -0.389 e. The molecule has 4 nitrogen and oxygen atoms in total. The normalized spacial score (nSPS) is 12.5. The van der Waals surface area contributed by atoms with Gasteiger partial charge in [0.15, 0.2) is 0 Å². The van der Waals surface area contributed by atoms with E-state index in [4.69, 9.17) is 9.47 Å². The van der Waals surface area contributed by atoms with Crippen molar-refractivity contribution < 1.29 is 14.6 Å². The first kappa shape index (κ1) is 20.6. The summed E-state index contributed by atoms with van der Waals surface area (Å²) < 4.78 is 10.8. The molecule has 0 aliphatic heterocycles. The third-order valence-electron chi connectivity index (χ3n) is 4.24. The Balaban J connectivity index is 1.80. The summed E-state index contributed by atoms with van der Waals surface area (Å²) >= 11 is 0. The molecule has 2 aromatic carbocycles. The van der Waals surface area contributed by atoms with Crippen molar-refractivity contribution in [1.82, 2.24) is 4.90 Å². The number of nitrogens with zero attached hydrogens (tertiary/aromatic N) is 1. The largest absolute Gasteiger partial charge is 0.389 e. The second kappa shape index (κ2) is 11.8. The minimum atomic E-state index is -0.508. The zero-order chi connectivity index (χ0) is 18.6. The molecular weight excluding hydrogens is 326 g/mol. The third-order valence-corrected chi connectivity index (χ3v) is 4.24. The Labute approximate surface area is 157 Å². The number of aliphatic hydroxyl groups excluding tert-OH is 1. The monoisotopic (exact) mass is 357 g/mol. The number of hydrogen-bond donors (Lipinski definition) is 1. The van der Waals surface area contributed by atoms with Crippen molar-refractivity contribution in [3.63, 3.8) is 0 Å². The van der Waals surface area contributed by atoms with Gasteiger partial charge in [0.2, 0.25) is 0 Å². The molecule has 2 aromatic rings.